The van der Waals surface area contributed by atoms with E-state index in [1.54, 1.807) is 36.4 Å². The molecular formula is C56H67Cl3F3N7O4. The minimum Gasteiger partial charge on any atom is -0.492 e. The Morgan fingerprint density at radius 1 is 0.534 bits per heavy atom. The first-order chi connectivity index (χ1) is 34.5. The molecule has 6 aromatic carbocycles. The van der Waals surface area contributed by atoms with Gasteiger partial charge in [0.1, 0.15) is 24.7 Å². The van der Waals surface area contributed by atoms with E-state index in [0.717, 1.165) is 71.5 Å². The third-order valence-electron chi connectivity index (χ3n) is 11.0. The van der Waals surface area contributed by atoms with Gasteiger partial charge < -0.3 is 45.4 Å². The zero-order valence-corrected chi connectivity index (χ0v) is 45.4. The second kappa shape index (κ2) is 29.0. The van der Waals surface area contributed by atoms with Crippen molar-refractivity contribution in [1.29, 1.82) is 0 Å². The largest absolute Gasteiger partial charge is 0.492 e. The molecule has 0 aliphatic rings. The first-order valence-corrected chi connectivity index (χ1v) is 24.6. The average molecular weight is 1070 g/mol. The van der Waals surface area contributed by atoms with Crippen LogP contribution in [-0.4, -0.2) is 108 Å². The molecule has 0 radical (unpaired) electrons. The number of para-hydroxylation sites is 1. The summed E-state index contributed by atoms with van der Waals surface area (Å²) < 4.78 is 50.6. The van der Waals surface area contributed by atoms with Crippen LogP contribution in [-0.2, 0) is 12.7 Å². The number of benzene rings is 6. The van der Waals surface area contributed by atoms with Gasteiger partial charge in [0.05, 0.1) is 21.7 Å². The van der Waals surface area contributed by atoms with Gasteiger partial charge in [-0.05, 0) is 171 Å². The monoisotopic (exact) mass is 1060 g/mol. The summed E-state index contributed by atoms with van der Waals surface area (Å²) in [5.41, 5.74) is 7.61. The molecule has 4 N–H and O–H groups in total. The number of rotatable bonds is 19. The van der Waals surface area contributed by atoms with Crippen LogP contribution in [0.25, 0.3) is 0 Å². The number of likely N-dealkylation sites (N-methyl/N-ethyl adjacent to an activating group) is 3. The minimum absolute atomic E-state index is 0.0230. The van der Waals surface area contributed by atoms with E-state index >= 15 is 0 Å². The third-order valence-corrected chi connectivity index (χ3v) is 12.2. The Labute approximate surface area is 443 Å². The molecule has 0 saturated carbocycles. The Kier molecular flexibility index (Phi) is 23.7. The summed E-state index contributed by atoms with van der Waals surface area (Å²) in [4.78, 5) is 31.4. The summed E-state index contributed by atoms with van der Waals surface area (Å²) in [5, 5.41) is 13.1. The summed E-state index contributed by atoms with van der Waals surface area (Å²) in [6, 6.07) is 33.3. The van der Waals surface area contributed by atoms with Crippen LogP contribution >= 0.6 is 34.8 Å². The molecule has 6 aromatic rings. The number of ether oxygens (including phenoxy) is 2. The number of carbonyl (C=O) groups is 2. The second-order valence-electron chi connectivity index (χ2n) is 18.0. The highest BCUT2D eigenvalue weighted by Crippen LogP contribution is 2.36. The van der Waals surface area contributed by atoms with Gasteiger partial charge in [-0.15, -0.1) is 0 Å². The van der Waals surface area contributed by atoms with Crippen molar-refractivity contribution in [2.75, 3.05) is 103 Å². The molecule has 11 nitrogen and oxygen atoms in total. The third kappa shape index (κ3) is 19.7. The predicted molar refractivity (Wildman–Crippen MR) is 296 cm³/mol. The van der Waals surface area contributed by atoms with Gasteiger partial charge in [-0.25, -0.2) is 0 Å². The van der Waals surface area contributed by atoms with Crippen LogP contribution in [0, 0.1) is 27.7 Å². The van der Waals surface area contributed by atoms with E-state index in [4.69, 9.17) is 44.3 Å². The zero-order chi connectivity index (χ0) is 53.8. The highest BCUT2D eigenvalue weighted by molar-refractivity contribution is 6.32. The first-order valence-electron chi connectivity index (χ1n) is 23.5. The first kappa shape index (κ1) is 59.6. The van der Waals surface area contributed by atoms with Gasteiger partial charge in [0.25, 0.3) is 11.8 Å². The number of anilines is 4. The van der Waals surface area contributed by atoms with E-state index < -0.39 is 22.7 Å². The number of alkyl halides is 3. The molecule has 0 heterocycles. The topological polar surface area (TPSA) is 110 Å². The lowest BCUT2D eigenvalue weighted by atomic mass is 10.1. The van der Waals surface area contributed by atoms with Gasteiger partial charge in [-0.3, -0.25) is 9.59 Å². The van der Waals surface area contributed by atoms with Crippen molar-refractivity contribution in [3.63, 3.8) is 0 Å². The Morgan fingerprint density at radius 2 is 1.04 bits per heavy atom. The lowest BCUT2D eigenvalue weighted by molar-refractivity contribution is -0.137. The van der Waals surface area contributed by atoms with E-state index in [0.29, 0.717) is 53.0 Å². The Morgan fingerprint density at radius 3 is 1.63 bits per heavy atom. The van der Waals surface area contributed by atoms with Gasteiger partial charge >= 0.3 is 6.18 Å². The molecule has 0 aliphatic heterocycles. The summed E-state index contributed by atoms with van der Waals surface area (Å²) in [5.74, 6) is 0.855. The summed E-state index contributed by atoms with van der Waals surface area (Å²) in [6.45, 7) is 12.9. The van der Waals surface area contributed by atoms with Crippen LogP contribution in [0.1, 0.15) is 54.1 Å². The van der Waals surface area contributed by atoms with Gasteiger partial charge in [0.15, 0.2) is 0 Å². The van der Waals surface area contributed by atoms with Crippen LogP contribution < -0.4 is 30.7 Å². The van der Waals surface area contributed by atoms with Crippen LogP contribution in [0.4, 0.5) is 35.9 Å². The van der Waals surface area contributed by atoms with Crippen LogP contribution in [0.3, 0.4) is 0 Å². The van der Waals surface area contributed by atoms with Crippen molar-refractivity contribution in [2.24, 2.45) is 0 Å². The molecule has 0 spiro atoms. The van der Waals surface area contributed by atoms with E-state index in [2.05, 4.69) is 45.2 Å². The van der Waals surface area contributed by atoms with Gasteiger partial charge in [0, 0.05) is 71.1 Å². The molecule has 0 bridgehead atoms. The minimum atomic E-state index is -4.59. The molecule has 0 saturated heterocycles. The average Bonchev–Trinajstić information content (AvgIpc) is 3.31. The van der Waals surface area contributed by atoms with Crippen molar-refractivity contribution in [1.82, 2.24) is 14.7 Å². The standard InChI is InChI=1S/C19H23ClN2O2.C19H25ClN2O.C18H19ClF3N3O/c1-13-6-5-7-17(24-11-10-22(3)4)18(13)19(23)21-15-8-9-16(20)14(2)12-15;1-14-6-5-7-19(23-11-10-22(3)4)17(14)13-21-16-8-9-18(20)15(2)12-16;1-25(2)10-9-23-16-6-4-3-5-13(16)17(26)24-12-7-8-15(19)14(11-12)18(20,21)22/h5-9,12H,10-11H2,1-4H3,(H,21,23);5-9,12,21H,10-11,13H2,1-4H3;3-8,11,23H,9-10H2,1-2H3,(H,24,26). The summed E-state index contributed by atoms with van der Waals surface area (Å²) in [7, 11) is 11.9. The van der Waals surface area contributed by atoms with Crippen molar-refractivity contribution in [2.45, 2.75) is 40.4 Å². The number of nitrogens with one attached hydrogen (secondary N) is 4. The SMILES string of the molecule is CN(C)CCNc1ccccc1C(=O)Nc1ccc(Cl)c(C(F)(F)F)c1.Cc1cc(NC(=O)c2c(C)cccc2OCCN(C)C)ccc1Cl.Cc1cc(NCc2c(C)cccc2OCCN(C)C)ccc1Cl. The Balaban J connectivity index is 0.000000238. The molecule has 0 atom stereocenters. The normalized spacial score (nSPS) is 11.1. The van der Waals surface area contributed by atoms with Crippen molar-refractivity contribution < 1.29 is 32.2 Å². The van der Waals surface area contributed by atoms with E-state index in [1.807, 2.05) is 121 Å². The molecule has 0 aromatic heterocycles. The highest BCUT2D eigenvalue weighted by Gasteiger charge is 2.33. The maximum absolute atomic E-state index is 12.9. The van der Waals surface area contributed by atoms with Crippen LogP contribution in [0.5, 0.6) is 11.5 Å². The predicted octanol–water partition coefficient (Wildman–Crippen LogP) is 13.2. The van der Waals surface area contributed by atoms with Crippen LogP contribution in [0.15, 0.2) is 115 Å². The van der Waals surface area contributed by atoms with E-state index in [1.165, 1.54) is 17.2 Å². The Bertz CT molecular complexity index is 2760. The molecule has 0 unspecified atom stereocenters. The molecule has 0 fully saturated rings. The maximum Gasteiger partial charge on any atom is 0.417 e. The fourth-order valence-corrected chi connectivity index (χ4v) is 7.35. The summed E-state index contributed by atoms with van der Waals surface area (Å²) >= 11 is 17.7. The van der Waals surface area contributed by atoms with Gasteiger partial charge in [-0.2, -0.15) is 13.2 Å². The van der Waals surface area contributed by atoms with Crippen molar-refractivity contribution in [3.05, 3.63) is 175 Å². The number of halogens is 6. The van der Waals surface area contributed by atoms with Crippen molar-refractivity contribution >= 4 is 69.4 Å². The van der Waals surface area contributed by atoms with E-state index in [9.17, 15) is 22.8 Å². The molecule has 392 valence electrons. The Hall–Kier alpha value is -6.00. The van der Waals surface area contributed by atoms with Gasteiger partial charge in [0.2, 0.25) is 0 Å². The maximum atomic E-state index is 12.9. The zero-order valence-electron chi connectivity index (χ0n) is 43.2. The fourth-order valence-electron chi connectivity index (χ4n) is 6.89. The molecule has 0 aliphatic carbocycles. The molecular weight excluding hydrogens is 998 g/mol. The second-order valence-corrected chi connectivity index (χ2v) is 19.2. The molecule has 17 heteroatoms. The number of aryl methyl sites for hydroxylation is 4. The molecule has 2 amide bonds. The highest BCUT2D eigenvalue weighted by atomic mass is 35.5. The van der Waals surface area contributed by atoms with Gasteiger partial charge in [-0.1, -0.05) is 71.2 Å². The quantitative estimate of drug-likeness (QED) is 0.0630. The molecule has 73 heavy (non-hydrogen) atoms. The fraction of sp³-hybridized carbons (Fsp3) is 0.321. The number of hydrogen-bond donors (Lipinski definition) is 4. The number of amides is 2. The lowest BCUT2D eigenvalue weighted by Gasteiger charge is -2.17. The molecule has 6 rings (SSSR count). The van der Waals surface area contributed by atoms with E-state index in [-0.39, 0.29) is 11.6 Å². The number of hydrogen-bond acceptors (Lipinski definition) is 9. The van der Waals surface area contributed by atoms with Crippen molar-refractivity contribution in [3.8, 4) is 11.5 Å². The number of nitrogens with zero attached hydrogens (tertiary/aromatic N) is 3. The summed E-state index contributed by atoms with van der Waals surface area (Å²) in [6.07, 6.45) is -4.59. The smallest absolute Gasteiger partial charge is 0.417 e. The number of carbonyl (C=O) groups excluding carboxylic acids is 2. The lowest BCUT2D eigenvalue weighted by Crippen LogP contribution is -2.22. The van der Waals surface area contributed by atoms with Crippen LogP contribution in [0.2, 0.25) is 15.1 Å².